The van der Waals surface area contributed by atoms with E-state index in [9.17, 15) is 4.79 Å². The number of aromatic nitrogens is 1. The van der Waals surface area contributed by atoms with Gasteiger partial charge in [0.2, 0.25) is 5.91 Å². The van der Waals surface area contributed by atoms with Crippen LogP contribution >= 0.6 is 11.3 Å². The maximum absolute atomic E-state index is 12.4. The third kappa shape index (κ3) is 4.24. The molecule has 0 aliphatic carbocycles. The fourth-order valence-electron chi connectivity index (χ4n) is 2.75. The van der Waals surface area contributed by atoms with Gasteiger partial charge in [-0.05, 0) is 24.3 Å². The molecule has 128 valence electrons. The molecule has 1 aliphatic rings. The Labute approximate surface area is 145 Å². The van der Waals surface area contributed by atoms with E-state index in [0.29, 0.717) is 13.1 Å². The van der Waals surface area contributed by atoms with Gasteiger partial charge in [0, 0.05) is 49.9 Å². The Morgan fingerprint density at radius 2 is 2.29 bits per heavy atom. The van der Waals surface area contributed by atoms with Crippen molar-refractivity contribution in [3.63, 3.8) is 0 Å². The van der Waals surface area contributed by atoms with E-state index in [2.05, 4.69) is 20.5 Å². The van der Waals surface area contributed by atoms with E-state index < -0.39 is 0 Å². The van der Waals surface area contributed by atoms with E-state index in [0.717, 1.165) is 36.0 Å². The number of piperazine rings is 1. The van der Waals surface area contributed by atoms with E-state index in [1.165, 1.54) is 0 Å². The zero-order valence-corrected chi connectivity index (χ0v) is 14.5. The molecular weight excluding hydrogens is 324 g/mol. The quantitative estimate of drug-likeness (QED) is 0.825. The number of carbonyl (C=O) groups excluding carboxylic acids is 1. The zero-order chi connectivity index (χ0) is 16.8. The lowest BCUT2D eigenvalue weighted by atomic mass is 10.1. The van der Waals surface area contributed by atoms with E-state index in [-0.39, 0.29) is 11.9 Å². The molecule has 1 amide bonds. The van der Waals surface area contributed by atoms with Crippen LogP contribution in [-0.2, 0) is 11.2 Å². The first-order valence-electron chi connectivity index (χ1n) is 8.05. The van der Waals surface area contributed by atoms with Crippen molar-refractivity contribution in [3.8, 4) is 5.75 Å². The number of ether oxygens (including phenoxy) is 1. The smallest absolute Gasteiger partial charge is 0.238 e. The molecule has 0 saturated carbocycles. The summed E-state index contributed by atoms with van der Waals surface area (Å²) in [5, 5.41) is 9.29. The van der Waals surface area contributed by atoms with Crippen LogP contribution in [0.2, 0.25) is 0 Å². The van der Waals surface area contributed by atoms with Crippen LogP contribution < -0.4 is 20.3 Å². The van der Waals surface area contributed by atoms with Gasteiger partial charge in [-0.3, -0.25) is 4.79 Å². The molecule has 2 aromatic rings. The number of amides is 1. The highest BCUT2D eigenvalue weighted by Gasteiger charge is 2.25. The number of anilines is 1. The number of hydrogen-bond acceptors (Lipinski definition) is 6. The van der Waals surface area contributed by atoms with Crippen LogP contribution in [0.25, 0.3) is 0 Å². The summed E-state index contributed by atoms with van der Waals surface area (Å²) in [6.07, 6.45) is 2.57. The lowest BCUT2D eigenvalue weighted by molar-refractivity contribution is -0.123. The molecule has 2 N–H and O–H groups in total. The molecule has 1 fully saturated rings. The molecule has 24 heavy (non-hydrogen) atoms. The van der Waals surface area contributed by atoms with Crippen LogP contribution in [-0.4, -0.2) is 50.2 Å². The Kier molecular flexibility index (Phi) is 5.66. The lowest BCUT2D eigenvalue weighted by Gasteiger charge is -2.34. The maximum atomic E-state index is 12.4. The van der Waals surface area contributed by atoms with Crippen LogP contribution in [0.5, 0.6) is 5.75 Å². The summed E-state index contributed by atoms with van der Waals surface area (Å²) in [5.41, 5.74) is 1.11. The molecule has 7 heteroatoms. The van der Waals surface area contributed by atoms with Gasteiger partial charge in [-0.2, -0.15) is 0 Å². The highest BCUT2D eigenvalue weighted by atomic mass is 32.1. The first-order chi connectivity index (χ1) is 11.8. The number of hydrogen-bond donors (Lipinski definition) is 2. The fraction of sp³-hybridized carbons (Fsp3) is 0.412. The summed E-state index contributed by atoms with van der Waals surface area (Å²) in [6, 6.07) is 7.75. The van der Waals surface area contributed by atoms with Crippen molar-refractivity contribution >= 4 is 22.9 Å². The second-order valence-electron chi connectivity index (χ2n) is 5.62. The van der Waals surface area contributed by atoms with Crippen LogP contribution in [0, 0.1) is 0 Å². The molecule has 1 atom stereocenters. The fourth-order valence-corrected chi connectivity index (χ4v) is 3.37. The van der Waals surface area contributed by atoms with Crippen molar-refractivity contribution in [1.29, 1.82) is 0 Å². The molecule has 1 saturated heterocycles. The standard InChI is InChI=1S/C17H22N4O2S/c1-23-14-4-2-13(3-5-14)21-10-8-18-15(12-21)17(22)20-7-6-16-19-9-11-24-16/h2-5,9,11,15,18H,6-8,10,12H2,1H3,(H,20,22). The summed E-state index contributed by atoms with van der Waals surface area (Å²) in [7, 11) is 1.66. The van der Waals surface area contributed by atoms with Crippen molar-refractivity contribution in [2.75, 3.05) is 38.2 Å². The Bertz CT molecular complexity index is 645. The van der Waals surface area contributed by atoms with Crippen molar-refractivity contribution < 1.29 is 9.53 Å². The highest BCUT2D eigenvalue weighted by Crippen LogP contribution is 2.20. The van der Waals surface area contributed by atoms with Crippen LogP contribution in [0.4, 0.5) is 5.69 Å². The Balaban J connectivity index is 1.51. The predicted octanol–water partition coefficient (Wildman–Crippen LogP) is 1.29. The molecule has 6 nitrogen and oxygen atoms in total. The second kappa shape index (κ2) is 8.12. The normalized spacial score (nSPS) is 17.5. The minimum absolute atomic E-state index is 0.0461. The van der Waals surface area contributed by atoms with Crippen molar-refractivity contribution in [1.82, 2.24) is 15.6 Å². The minimum atomic E-state index is -0.197. The average Bonchev–Trinajstić information content (AvgIpc) is 3.15. The van der Waals surface area contributed by atoms with Gasteiger partial charge in [-0.1, -0.05) is 0 Å². The second-order valence-corrected chi connectivity index (χ2v) is 6.60. The first-order valence-corrected chi connectivity index (χ1v) is 8.92. The van der Waals surface area contributed by atoms with Crippen LogP contribution in [0.1, 0.15) is 5.01 Å². The lowest BCUT2D eigenvalue weighted by Crippen LogP contribution is -2.57. The third-order valence-electron chi connectivity index (χ3n) is 4.05. The summed E-state index contributed by atoms with van der Waals surface area (Å²) in [6.45, 7) is 2.95. The summed E-state index contributed by atoms with van der Waals surface area (Å²) in [4.78, 5) is 18.8. The number of thiazole rings is 1. The Hall–Kier alpha value is -2.12. The monoisotopic (exact) mass is 346 g/mol. The summed E-state index contributed by atoms with van der Waals surface area (Å²) < 4.78 is 5.19. The van der Waals surface area contributed by atoms with Gasteiger partial charge in [0.05, 0.1) is 12.1 Å². The SMILES string of the molecule is COc1ccc(N2CCNC(C(=O)NCCc3nccs3)C2)cc1. The molecule has 0 radical (unpaired) electrons. The van der Waals surface area contributed by atoms with Gasteiger partial charge in [0.25, 0.3) is 0 Å². The summed E-state index contributed by atoms with van der Waals surface area (Å²) in [5.74, 6) is 0.884. The Morgan fingerprint density at radius 3 is 3.00 bits per heavy atom. The van der Waals surface area contributed by atoms with E-state index in [1.54, 1.807) is 24.6 Å². The predicted molar refractivity (Wildman–Crippen MR) is 95.8 cm³/mol. The van der Waals surface area contributed by atoms with Crippen molar-refractivity contribution in [3.05, 3.63) is 40.8 Å². The topological polar surface area (TPSA) is 66.5 Å². The molecule has 1 unspecified atom stereocenters. The molecule has 1 aromatic heterocycles. The summed E-state index contributed by atoms with van der Waals surface area (Å²) >= 11 is 1.61. The minimum Gasteiger partial charge on any atom is -0.497 e. The Morgan fingerprint density at radius 1 is 1.46 bits per heavy atom. The number of methoxy groups -OCH3 is 1. The largest absolute Gasteiger partial charge is 0.497 e. The number of benzene rings is 1. The van der Waals surface area contributed by atoms with E-state index >= 15 is 0 Å². The molecular formula is C17H22N4O2S. The molecule has 0 spiro atoms. The van der Waals surface area contributed by atoms with Crippen molar-refractivity contribution in [2.45, 2.75) is 12.5 Å². The molecule has 1 aromatic carbocycles. The molecule has 2 heterocycles. The molecule has 0 bridgehead atoms. The number of nitrogens with zero attached hydrogens (tertiary/aromatic N) is 2. The highest BCUT2D eigenvalue weighted by molar-refractivity contribution is 7.09. The van der Waals surface area contributed by atoms with Crippen LogP contribution in [0.15, 0.2) is 35.8 Å². The van der Waals surface area contributed by atoms with Gasteiger partial charge >= 0.3 is 0 Å². The van der Waals surface area contributed by atoms with Crippen molar-refractivity contribution in [2.24, 2.45) is 0 Å². The van der Waals surface area contributed by atoms with Gasteiger partial charge in [-0.25, -0.2) is 4.98 Å². The van der Waals surface area contributed by atoms with E-state index in [1.807, 2.05) is 29.6 Å². The first kappa shape index (κ1) is 16.7. The average molecular weight is 346 g/mol. The maximum Gasteiger partial charge on any atom is 0.238 e. The molecule has 1 aliphatic heterocycles. The molecule has 3 rings (SSSR count). The van der Waals surface area contributed by atoms with E-state index in [4.69, 9.17) is 4.74 Å². The van der Waals surface area contributed by atoms with Gasteiger partial charge in [0.15, 0.2) is 0 Å². The van der Waals surface area contributed by atoms with Gasteiger partial charge in [0.1, 0.15) is 11.8 Å². The number of nitrogens with one attached hydrogen (secondary N) is 2. The zero-order valence-electron chi connectivity index (χ0n) is 13.7. The van der Waals surface area contributed by atoms with Gasteiger partial charge < -0.3 is 20.3 Å². The number of rotatable bonds is 6. The van der Waals surface area contributed by atoms with Crippen LogP contribution in [0.3, 0.4) is 0 Å². The number of carbonyl (C=O) groups is 1. The van der Waals surface area contributed by atoms with Gasteiger partial charge in [-0.15, -0.1) is 11.3 Å². The third-order valence-corrected chi connectivity index (χ3v) is 4.89.